The van der Waals surface area contributed by atoms with Gasteiger partial charge in [0.15, 0.2) is 5.79 Å². The zero-order valence-corrected chi connectivity index (χ0v) is 11.0. The van der Waals surface area contributed by atoms with Gasteiger partial charge in [0.25, 0.3) is 0 Å². The van der Waals surface area contributed by atoms with E-state index in [9.17, 15) is 9.59 Å². The van der Waals surface area contributed by atoms with E-state index in [1.165, 1.54) is 6.92 Å². The van der Waals surface area contributed by atoms with Crippen LogP contribution in [0.5, 0.6) is 0 Å². The molecule has 0 N–H and O–H groups in total. The Bertz CT molecular complexity index is 338. The van der Waals surface area contributed by atoms with Gasteiger partial charge in [-0.1, -0.05) is 0 Å². The van der Waals surface area contributed by atoms with Crippen molar-refractivity contribution in [3.63, 3.8) is 0 Å². The minimum atomic E-state index is -0.528. The summed E-state index contributed by atoms with van der Waals surface area (Å²) < 4.78 is 16.5. The average molecular weight is 256 g/mol. The van der Waals surface area contributed by atoms with Gasteiger partial charge < -0.3 is 19.0 Å². The van der Waals surface area contributed by atoms with E-state index < -0.39 is 5.79 Å². The van der Waals surface area contributed by atoms with Crippen LogP contribution in [0.3, 0.4) is 0 Å². The quantitative estimate of drug-likeness (QED) is 0.548. The fourth-order valence-electron chi connectivity index (χ4n) is 2.64. The highest BCUT2D eigenvalue weighted by atomic mass is 16.7. The molecule has 1 aliphatic heterocycles. The molecule has 0 spiro atoms. The maximum atomic E-state index is 11.0. The van der Waals surface area contributed by atoms with Crippen molar-refractivity contribution in [3.8, 4) is 0 Å². The van der Waals surface area contributed by atoms with Gasteiger partial charge in [0.05, 0.1) is 12.7 Å². The van der Waals surface area contributed by atoms with Crippen molar-refractivity contribution in [1.82, 2.24) is 0 Å². The lowest BCUT2D eigenvalue weighted by molar-refractivity contribution is -0.150. The van der Waals surface area contributed by atoms with Gasteiger partial charge in [-0.3, -0.25) is 4.79 Å². The lowest BCUT2D eigenvalue weighted by atomic mass is 10.1. The molecule has 0 unspecified atom stereocenters. The van der Waals surface area contributed by atoms with Crippen molar-refractivity contribution >= 4 is 12.3 Å². The van der Waals surface area contributed by atoms with Crippen molar-refractivity contribution in [2.75, 3.05) is 6.61 Å². The normalized spacial score (nSPS) is 34.9. The lowest BCUT2D eigenvalue weighted by Gasteiger charge is -2.18. The van der Waals surface area contributed by atoms with Crippen molar-refractivity contribution < 1.29 is 23.8 Å². The van der Waals surface area contributed by atoms with Crippen LogP contribution in [0.1, 0.15) is 33.6 Å². The Morgan fingerprint density at radius 2 is 2.28 bits per heavy atom. The molecule has 1 aliphatic carbocycles. The van der Waals surface area contributed by atoms with Crippen molar-refractivity contribution in [3.05, 3.63) is 0 Å². The van der Waals surface area contributed by atoms with Crippen molar-refractivity contribution in [2.45, 2.75) is 51.6 Å². The molecule has 0 amide bonds. The second-order valence-electron chi connectivity index (χ2n) is 5.48. The summed E-state index contributed by atoms with van der Waals surface area (Å²) in [4.78, 5) is 21.6. The summed E-state index contributed by atoms with van der Waals surface area (Å²) in [6.07, 6.45) is 1.74. The third kappa shape index (κ3) is 3.09. The maximum absolute atomic E-state index is 11.0. The standard InChI is InChI=1S/C13H20O5/c1-8(15)17-11(4-5-14)9-6-10(9)12-7-16-13(2,3)18-12/h5,9-12H,4,6-7H2,1-3H3/t9-,10-,11-,12-/m1/s1. The second kappa shape index (κ2) is 4.97. The van der Waals surface area contributed by atoms with Crippen LogP contribution in [0.2, 0.25) is 0 Å². The molecule has 18 heavy (non-hydrogen) atoms. The summed E-state index contributed by atoms with van der Waals surface area (Å²) in [5.74, 6) is -0.312. The van der Waals surface area contributed by atoms with E-state index >= 15 is 0 Å². The summed E-state index contributed by atoms with van der Waals surface area (Å²) in [5, 5.41) is 0. The van der Waals surface area contributed by atoms with E-state index in [0.717, 1.165) is 12.7 Å². The minimum absolute atomic E-state index is 0.0507. The smallest absolute Gasteiger partial charge is 0.302 e. The molecular weight excluding hydrogens is 236 g/mol. The number of aldehydes is 1. The van der Waals surface area contributed by atoms with Crippen LogP contribution >= 0.6 is 0 Å². The van der Waals surface area contributed by atoms with E-state index in [-0.39, 0.29) is 30.5 Å². The van der Waals surface area contributed by atoms with E-state index in [4.69, 9.17) is 14.2 Å². The molecule has 0 radical (unpaired) electrons. The van der Waals surface area contributed by atoms with Gasteiger partial charge in [0.1, 0.15) is 12.4 Å². The molecular formula is C13H20O5. The highest BCUT2D eigenvalue weighted by molar-refractivity contribution is 5.66. The monoisotopic (exact) mass is 256 g/mol. The first-order chi connectivity index (χ1) is 8.43. The van der Waals surface area contributed by atoms with E-state index in [0.29, 0.717) is 12.5 Å². The topological polar surface area (TPSA) is 61.8 Å². The Morgan fingerprint density at radius 1 is 1.56 bits per heavy atom. The molecule has 0 aromatic carbocycles. The minimum Gasteiger partial charge on any atom is -0.462 e. The Morgan fingerprint density at radius 3 is 2.78 bits per heavy atom. The summed E-state index contributed by atoms with van der Waals surface area (Å²) in [6.45, 7) is 5.72. The largest absolute Gasteiger partial charge is 0.462 e. The molecule has 5 heteroatoms. The summed E-state index contributed by atoms with van der Waals surface area (Å²) in [5.41, 5.74) is 0. The molecule has 102 valence electrons. The molecule has 5 nitrogen and oxygen atoms in total. The van der Waals surface area contributed by atoms with Gasteiger partial charge in [-0.15, -0.1) is 0 Å². The van der Waals surface area contributed by atoms with Crippen LogP contribution in [0, 0.1) is 11.8 Å². The van der Waals surface area contributed by atoms with Crippen LogP contribution in [-0.2, 0) is 23.8 Å². The molecule has 1 heterocycles. The number of esters is 1. The molecule has 1 saturated carbocycles. The zero-order chi connectivity index (χ0) is 13.3. The van der Waals surface area contributed by atoms with Crippen LogP contribution in [-0.4, -0.2) is 36.9 Å². The van der Waals surface area contributed by atoms with Gasteiger partial charge in [-0.05, 0) is 26.2 Å². The predicted octanol–water partition coefficient (Wildman–Crippen LogP) is 1.29. The highest BCUT2D eigenvalue weighted by Crippen LogP contribution is 2.49. The molecule has 2 fully saturated rings. The van der Waals surface area contributed by atoms with Crippen molar-refractivity contribution in [2.24, 2.45) is 11.8 Å². The molecule has 0 aromatic heterocycles. The Kier molecular flexibility index (Phi) is 3.73. The first-order valence-electron chi connectivity index (χ1n) is 6.35. The van der Waals surface area contributed by atoms with Crippen LogP contribution in [0.4, 0.5) is 0 Å². The molecule has 0 bridgehead atoms. The number of carbonyl (C=O) groups excluding carboxylic acids is 2. The van der Waals surface area contributed by atoms with Crippen LogP contribution < -0.4 is 0 Å². The number of carbonyl (C=O) groups is 2. The van der Waals surface area contributed by atoms with E-state index in [2.05, 4.69) is 0 Å². The second-order valence-corrected chi connectivity index (χ2v) is 5.48. The fourth-order valence-corrected chi connectivity index (χ4v) is 2.64. The SMILES string of the molecule is CC(=O)O[C@H](CC=O)[C@@H]1C[C@H]1[C@H]1COC(C)(C)O1. The molecule has 0 aromatic rings. The number of hydrogen-bond donors (Lipinski definition) is 0. The lowest BCUT2D eigenvalue weighted by Crippen LogP contribution is -2.25. The number of hydrogen-bond acceptors (Lipinski definition) is 5. The number of rotatable bonds is 5. The summed E-state index contributed by atoms with van der Waals surface area (Å²) in [6, 6.07) is 0. The number of ether oxygens (including phenoxy) is 3. The maximum Gasteiger partial charge on any atom is 0.302 e. The van der Waals surface area contributed by atoms with E-state index in [1.807, 2.05) is 13.8 Å². The predicted molar refractivity (Wildman–Crippen MR) is 62.7 cm³/mol. The van der Waals surface area contributed by atoms with Gasteiger partial charge in [0, 0.05) is 19.3 Å². The van der Waals surface area contributed by atoms with Gasteiger partial charge >= 0.3 is 5.97 Å². The average Bonchev–Trinajstić information content (AvgIpc) is 2.96. The Labute approximate surface area is 107 Å². The van der Waals surface area contributed by atoms with Gasteiger partial charge in [0.2, 0.25) is 0 Å². The Balaban J connectivity index is 1.88. The van der Waals surface area contributed by atoms with E-state index in [1.54, 1.807) is 0 Å². The third-order valence-electron chi connectivity index (χ3n) is 3.52. The zero-order valence-electron chi connectivity index (χ0n) is 11.0. The molecule has 2 rings (SSSR count). The first kappa shape index (κ1) is 13.5. The third-order valence-corrected chi connectivity index (χ3v) is 3.52. The van der Waals surface area contributed by atoms with Gasteiger partial charge in [-0.25, -0.2) is 0 Å². The first-order valence-corrected chi connectivity index (χ1v) is 6.35. The molecule has 1 saturated heterocycles. The van der Waals surface area contributed by atoms with Gasteiger partial charge in [-0.2, -0.15) is 0 Å². The summed E-state index contributed by atoms with van der Waals surface area (Å²) >= 11 is 0. The van der Waals surface area contributed by atoms with Crippen LogP contribution in [0.25, 0.3) is 0 Å². The Hall–Kier alpha value is -0.940. The fraction of sp³-hybridized carbons (Fsp3) is 0.846. The molecule has 4 atom stereocenters. The highest BCUT2D eigenvalue weighted by Gasteiger charge is 2.52. The van der Waals surface area contributed by atoms with Crippen LogP contribution in [0.15, 0.2) is 0 Å². The van der Waals surface area contributed by atoms with Crippen molar-refractivity contribution in [1.29, 1.82) is 0 Å². The molecule has 2 aliphatic rings. The summed E-state index contributed by atoms with van der Waals surface area (Å²) in [7, 11) is 0.